The number of phenolic OH excluding ortho intramolecular Hbond substituents is 2. The van der Waals surface area contributed by atoms with Crippen molar-refractivity contribution in [2.24, 2.45) is 0 Å². The lowest BCUT2D eigenvalue weighted by molar-refractivity contribution is -0.151. The van der Waals surface area contributed by atoms with E-state index in [4.69, 9.17) is 0 Å². The number of amides is 3. The van der Waals surface area contributed by atoms with Crippen LogP contribution in [0, 0.1) is 0 Å². The van der Waals surface area contributed by atoms with E-state index in [1.54, 1.807) is 23.7 Å². The Morgan fingerprint density at radius 2 is 1.95 bits per heavy atom. The van der Waals surface area contributed by atoms with Gasteiger partial charge in [0.2, 0.25) is 5.91 Å². The summed E-state index contributed by atoms with van der Waals surface area (Å²) in [7, 11) is 0. The fourth-order valence-corrected chi connectivity index (χ4v) is 7.88. The molecule has 2 aliphatic rings. The van der Waals surface area contributed by atoms with Crippen molar-refractivity contribution in [1.29, 1.82) is 0 Å². The second-order valence-corrected chi connectivity index (χ2v) is 12.7. The van der Waals surface area contributed by atoms with Crippen LogP contribution in [-0.2, 0) is 14.4 Å². The van der Waals surface area contributed by atoms with Crippen LogP contribution in [0.3, 0.4) is 0 Å². The van der Waals surface area contributed by atoms with Gasteiger partial charge < -0.3 is 30.9 Å². The third kappa shape index (κ3) is 5.26. The zero-order chi connectivity index (χ0) is 31.1. The zero-order valence-electron chi connectivity index (χ0n) is 22.2. The molecular weight excluding hydrogens is 635 g/mol. The Balaban J connectivity index is 1.25. The van der Waals surface area contributed by atoms with Crippen molar-refractivity contribution in [3.8, 4) is 11.5 Å². The first-order valence-corrected chi connectivity index (χ1v) is 15.7. The number of fused-ring (bicyclic) bond motifs is 2. The highest BCUT2D eigenvalue weighted by molar-refractivity contribution is 8.01. The van der Waals surface area contributed by atoms with E-state index in [-0.39, 0.29) is 34.0 Å². The highest BCUT2D eigenvalue weighted by atomic mass is 32.2. The minimum Gasteiger partial charge on any atom is -0.508 e. The topological polar surface area (TPSA) is 220 Å². The van der Waals surface area contributed by atoms with Crippen molar-refractivity contribution >= 4 is 69.7 Å². The van der Waals surface area contributed by atoms with Crippen LogP contribution in [0.5, 0.6) is 11.5 Å². The third-order valence-electron chi connectivity index (χ3n) is 6.91. The van der Waals surface area contributed by atoms with Crippen molar-refractivity contribution in [2.45, 2.75) is 21.8 Å². The summed E-state index contributed by atoms with van der Waals surface area (Å²) in [5.74, 6) is -3.15. The lowest BCUT2D eigenvalue weighted by atomic mass is 10.0. The van der Waals surface area contributed by atoms with Crippen LogP contribution < -0.4 is 16.3 Å². The molecule has 0 spiro atoms. The van der Waals surface area contributed by atoms with Crippen LogP contribution in [0.15, 0.2) is 68.4 Å². The van der Waals surface area contributed by atoms with Crippen molar-refractivity contribution < 1.29 is 34.5 Å². The molecule has 6 rings (SSSR count). The Morgan fingerprint density at radius 1 is 1.16 bits per heavy atom. The van der Waals surface area contributed by atoms with Gasteiger partial charge >= 0.3 is 17.7 Å². The number of imidazole rings is 1. The number of phenols is 2. The molecule has 0 aliphatic carbocycles. The van der Waals surface area contributed by atoms with Gasteiger partial charge in [-0.05, 0) is 29.8 Å². The van der Waals surface area contributed by atoms with Crippen LogP contribution in [0.2, 0.25) is 0 Å². The van der Waals surface area contributed by atoms with E-state index in [2.05, 4.69) is 25.8 Å². The minimum absolute atomic E-state index is 0.122. The Morgan fingerprint density at radius 3 is 2.68 bits per heavy atom. The maximum atomic E-state index is 13.7. The van der Waals surface area contributed by atoms with E-state index in [0.29, 0.717) is 15.4 Å². The maximum absolute atomic E-state index is 13.7. The number of rotatable bonds is 8. The molecule has 44 heavy (non-hydrogen) atoms. The van der Waals surface area contributed by atoms with E-state index in [0.717, 1.165) is 15.5 Å². The molecule has 0 radical (unpaired) electrons. The van der Waals surface area contributed by atoms with E-state index in [1.165, 1.54) is 53.1 Å². The molecule has 0 saturated carbocycles. The molecule has 1 fully saturated rings. The van der Waals surface area contributed by atoms with Gasteiger partial charge in [0.1, 0.15) is 40.2 Å². The van der Waals surface area contributed by atoms with E-state index in [9.17, 15) is 39.3 Å². The summed E-state index contributed by atoms with van der Waals surface area (Å²) in [5, 5.41) is 42.2. The highest BCUT2D eigenvalue weighted by Crippen LogP contribution is 2.42. The fraction of sp³-hybridized carbons (Fsp3) is 0.192. The number of carbonyl (C=O) groups is 4. The average molecular weight is 656 g/mol. The molecule has 2 unspecified atom stereocenters. The van der Waals surface area contributed by atoms with Gasteiger partial charge in [0.25, 0.3) is 5.91 Å². The van der Waals surface area contributed by atoms with Crippen LogP contribution in [-0.4, -0.2) is 86.7 Å². The first-order chi connectivity index (χ1) is 21.1. The normalized spacial score (nSPS) is 18.5. The lowest BCUT2D eigenvalue weighted by Crippen LogP contribution is -2.71. The molecule has 2 aromatic heterocycles. The molecule has 226 valence electrons. The quantitative estimate of drug-likeness (QED) is 0.117. The summed E-state index contributed by atoms with van der Waals surface area (Å²) in [6, 6.07) is 6.01. The van der Waals surface area contributed by atoms with Gasteiger partial charge in [0, 0.05) is 23.1 Å². The molecule has 18 heteroatoms. The smallest absolute Gasteiger partial charge is 0.352 e. The van der Waals surface area contributed by atoms with Crippen molar-refractivity contribution in [3.05, 3.63) is 75.3 Å². The third-order valence-corrected chi connectivity index (χ3v) is 10.2. The van der Waals surface area contributed by atoms with Gasteiger partial charge in [0.05, 0.1) is 11.0 Å². The number of thioether (sulfide) groups is 2. The molecule has 0 bridgehead atoms. The predicted octanol–water partition coefficient (Wildman–Crippen LogP) is 1.42. The average Bonchev–Trinajstić information content (AvgIpc) is 3.64. The summed E-state index contributed by atoms with van der Waals surface area (Å²) < 4.78 is 1.43. The molecule has 3 atom stereocenters. The monoisotopic (exact) mass is 655 g/mol. The molecule has 4 heterocycles. The Bertz CT molecular complexity index is 1900. The number of β-lactam (4-membered cyclic amide) rings is 1. The van der Waals surface area contributed by atoms with Gasteiger partial charge in [-0.1, -0.05) is 35.2 Å². The van der Waals surface area contributed by atoms with Gasteiger partial charge in [-0.15, -0.1) is 22.0 Å². The summed E-state index contributed by atoms with van der Waals surface area (Å²) in [6.45, 7) is 0. The lowest BCUT2D eigenvalue weighted by Gasteiger charge is -2.49. The van der Waals surface area contributed by atoms with Crippen LogP contribution in [0.1, 0.15) is 11.6 Å². The van der Waals surface area contributed by atoms with Gasteiger partial charge in [-0.2, -0.15) is 0 Å². The number of para-hydroxylation sites is 2. The number of carbonyl (C=O) groups excluding carboxylic acids is 3. The molecular formula is C26H21N7O8S3. The molecule has 15 nitrogen and oxygen atoms in total. The summed E-state index contributed by atoms with van der Waals surface area (Å²) >= 11 is 3.87. The first kappa shape index (κ1) is 29.3. The van der Waals surface area contributed by atoms with Gasteiger partial charge in [-0.3, -0.25) is 14.5 Å². The first-order valence-electron chi connectivity index (χ1n) is 12.8. The van der Waals surface area contributed by atoms with E-state index < -0.39 is 52.7 Å². The number of nitrogens with one attached hydrogen (secondary N) is 3. The number of hydrogen-bond acceptors (Lipinski definition) is 12. The predicted molar refractivity (Wildman–Crippen MR) is 159 cm³/mol. The molecule has 1 saturated heterocycles. The molecule has 4 aromatic rings. The van der Waals surface area contributed by atoms with Crippen LogP contribution in [0.25, 0.3) is 11.0 Å². The maximum Gasteiger partial charge on any atom is 0.352 e. The number of carboxylic acid groups (broad SMARTS) is 1. The molecule has 2 aliphatic heterocycles. The van der Waals surface area contributed by atoms with Crippen LogP contribution in [0.4, 0.5) is 4.79 Å². The number of H-pyrrole nitrogens is 1. The number of aromatic nitrogens is 4. The van der Waals surface area contributed by atoms with Gasteiger partial charge in [-0.25, -0.2) is 19.0 Å². The number of carboxylic acids is 1. The number of hydrogen-bond donors (Lipinski definition) is 6. The second-order valence-electron chi connectivity index (χ2n) is 9.56. The number of aromatic amines is 1. The number of aliphatic carboxylic acids is 1. The summed E-state index contributed by atoms with van der Waals surface area (Å²) in [4.78, 5) is 68.7. The van der Waals surface area contributed by atoms with Crippen molar-refractivity contribution in [2.75, 3.05) is 11.5 Å². The fourth-order valence-electron chi connectivity index (χ4n) is 4.91. The minimum atomic E-state index is -1.62. The highest BCUT2D eigenvalue weighted by Gasteiger charge is 2.54. The zero-order valence-corrected chi connectivity index (χ0v) is 24.6. The molecule has 2 aromatic carbocycles. The van der Waals surface area contributed by atoms with E-state index in [1.807, 2.05) is 0 Å². The SMILES string of the molecule is O=C(O)C1=C(CSc2nncs2)CS[C@H]2C(NC(=O)C(NC(=O)n3c(=O)[nH]c4ccccc43)c3ccc(O)cc3O)C(=O)N12. The molecule has 6 N–H and O–H groups in total. The van der Waals surface area contributed by atoms with E-state index >= 15 is 0 Å². The van der Waals surface area contributed by atoms with Gasteiger partial charge in [0.15, 0.2) is 4.34 Å². The Kier molecular flexibility index (Phi) is 7.78. The summed E-state index contributed by atoms with van der Waals surface area (Å²) in [6.07, 6.45) is 0. The van der Waals surface area contributed by atoms with Crippen LogP contribution >= 0.6 is 34.9 Å². The Labute approximate surface area is 259 Å². The summed E-state index contributed by atoms with van der Waals surface area (Å²) in [5.41, 5.74) is 1.62. The Hall–Kier alpha value is -4.81. The standard InChI is InChI=1S/C26H21N7O8S3/c34-12-5-6-13(16(35)7-12)17(30-25(41)32-15-4-2-1-3-14(15)28-24(32)40)20(36)29-18-21(37)33-19(23(38)39)11(8-42-22(18)33)9-43-26-31-27-10-44-26/h1-7,10,17-18,22,34-35H,8-9H2,(H,28,40)(H,29,36)(H,30,41)(H,38,39)/t17?,18?,22-/m0/s1. The second kappa shape index (κ2) is 11.7. The van der Waals surface area contributed by atoms with Crippen molar-refractivity contribution in [1.82, 2.24) is 35.3 Å². The largest absolute Gasteiger partial charge is 0.508 e. The number of benzene rings is 2. The van der Waals surface area contributed by atoms with Crippen molar-refractivity contribution in [3.63, 3.8) is 0 Å². The number of nitrogens with zero attached hydrogens (tertiary/aromatic N) is 4. The number of aromatic hydroxyl groups is 2. The molecule has 3 amide bonds.